The number of imidazole rings is 1. The van der Waals surface area contributed by atoms with Crippen molar-refractivity contribution in [3.63, 3.8) is 0 Å². The highest BCUT2D eigenvalue weighted by Crippen LogP contribution is 2.16. The molecule has 13 heavy (non-hydrogen) atoms. The van der Waals surface area contributed by atoms with E-state index in [4.69, 9.17) is 17.3 Å². The summed E-state index contributed by atoms with van der Waals surface area (Å²) < 4.78 is 13.5. The van der Waals surface area contributed by atoms with Crippen molar-refractivity contribution in [2.45, 2.75) is 6.61 Å². The fourth-order valence-corrected chi connectivity index (χ4v) is 1.44. The molecule has 2 aromatic rings. The third-order valence-electron chi connectivity index (χ3n) is 1.85. The Hall–Kier alpha value is -1.20. The lowest BCUT2D eigenvalue weighted by Crippen LogP contribution is -1.89. The molecule has 2 rings (SSSR count). The fraction of sp³-hybridized carbons (Fsp3) is 0.125. The first-order valence-corrected chi connectivity index (χ1v) is 4.13. The molecule has 0 spiro atoms. The third-order valence-corrected chi connectivity index (χ3v) is 2.06. The van der Waals surface area contributed by atoms with Gasteiger partial charge in [-0.1, -0.05) is 0 Å². The SMILES string of the molecule is OCc1cc2[nH]c(=S)[nH]c2cc1F. The molecule has 0 atom stereocenters. The minimum Gasteiger partial charge on any atom is -0.392 e. The molecule has 0 saturated heterocycles. The average molecular weight is 198 g/mol. The fourth-order valence-electron chi connectivity index (χ4n) is 1.22. The number of aromatic amines is 2. The van der Waals surface area contributed by atoms with E-state index < -0.39 is 5.82 Å². The Morgan fingerprint density at radius 3 is 2.54 bits per heavy atom. The molecule has 0 bridgehead atoms. The minimum absolute atomic E-state index is 0.262. The number of hydrogen-bond donors (Lipinski definition) is 3. The van der Waals surface area contributed by atoms with Gasteiger partial charge in [0.1, 0.15) is 5.82 Å². The maximum atomic E-state index is 13.1. The van der Waals surface area contributed by atoms with Crippen LogP contribution in [0.15, 0.2) is 12.1 Å². The van der Waals surface area contributed by atoms with Crippen LogP contribution in [0.5, 0.6) is 0 Å². The molecule has 1 heterocycles. The van der Waals surface area contributed by atoms with Gasteiger partial charge >= 0.3 is 0 Å². The Morgan fingerprint density at radius 2 is 1.92 bits per heavy atom. The summed E-state index contributed by atoms with van der Waals surface area (Å²) in [6.45, 7) is -0.312. The summed E-state index contributed by atoms with van der Waals surface area (Å²) in [5.41, 5.74) is 1.58. The van der Waals surface area contributed by atoms with Gasteiger partial charge in [-0.3, -0.25) is 0 Å². The van der Waals surface area contributed by atoms with Gasteiger partial charge in [-0.15, -0.1) is 0 Å². The Bertz CT molecular complexity index is 502. The Kier molecular flexibility index (Phi) is 1.90. The van der Waals surface area contributed by atoms with E-state index in [0.29, 0.717) is 15.8 Å². The van der Waals surface area contributed by atoms with Gasteiger partial charge in [0, 0.05) is 5.56 Å². The highest BCUT2D eigenvalue weighted by Gasteiger charge is 2.04. The summed E-state index contributed by atoms with van der Waals surface area (Å²) in [5, 5.41) is 8.79. The number of hydrogen-bond acceptors (Lipinski definition) is 2. The van der Waals surface area contributed by atoms with E-state index in [2.05, 4.69) is 9.97 Å². The second kappa shape index (κ2) is 2.93. The van der Waals surface area contributed by atoms with Gasteiger partial charge in [0.15, 0.2) is 4.77 Å². The molecule has 0 fully saturated rings. The van der Waals surface area contributed by atoms with Crippen molar-refractivity contribution in [3.8, 4) is 0 Å². The van der Waals surface area contributed by atoms with Gasteiger partial charge in [-0.25, -0.2) is 4.39 Å². The average Bonchev–Trinajstić information content (AvgIpc) is 2.42. The molecule has 0 aliphatic heterocycles. The molecular weight excluding hydrogens is 191 g/mol. The first-order valence-electron chi connectivity index (χ1n) is 3.72. The summed E-state index contributed by atoms with van der Waals surface area (Å²) in [5.74, 6) is -0.430. The van der Waals surface area contributed by atoms with E-state index >= 15 is 0 Å². The lowest BCUT2D eigenvalue weighted by molar-refractivity contribution is 0.276. The molecule has 0 amide bonds. The van der Waals surface area contributed by atoms with E-state index in [1.165, 1.54) is 12.1 Å². The first-order chi connectivity index (χ1) is 6.20. The van der Waals surface area contributed by atoms with E-state index in [9.17, 15) is 4.39 Å². The number of aliphatic hydroxyl groups excluding tert-OH is 1. The molecule has 3 N–H and O–H groups in total. The monoisotopic (exact) mass is 198 g/mol. The number of nitrogens with one attached hydrogen (secondary N) is 2. The van der Waals surface area contributed by atoms with Crippen molar-refractivity contribution in [2.75, 3.05) is 0 Å². The second-order valence-corrected chi connectivity index (χ2v) is 3.13. The van der Waals surface area contributed by atoms with Crippen molar-refractivity contribution in [1.29, 1.82) is 0 Å². The number of aliphatic hydroxyl groups is 1. The van der Waals surface area contributed by atoms with Crippen LogP contribution in [0.3, 0.4) is 0 Å². The predicted molar refractivity (Wildman–Crippen MR) is 49.4 cm³/mol. The van der Waals surface area contributed by atoms with Crippen LogP contribution in [0.1, 0.15) is 5.56 Å². The molecule has 0 aliphatic rings. The summed E-state index contributed by atoms with van der Waals surface area (Å²) in [7, 11) is 0. The Labute approximate surface area is 78.2 Å². The van der Waals surface area contributed by atoms with Crippen LogP contribution in [-0.4, -0.2) is 15.1 Å². The van der Waals surface area contributed by atoms with Crippen molar-refractivity contribution in [2.24, 2.45) is 0 Å². The Morgan fingerprint density at radius 1 is 1.31 bits per heavy atom. The molecule has 0 aliphatic carbocycles. The number of halogens is 1. The number of aromatic nitrogens is 2. The summed E-state index contributed by atoms with van der Waals surface area (Å²) >= 11 is 4.84. The van der Waals surface area contributed by atoms with Crippen molar-refractivity contribution in [1.82, 2.24) is 9.97 Å². The lowest BCUT2D eigenvalue weighted by Gasteiger charge is -1.97. The molecular formula is C8H7FN2OS. The van der Waals surface area contributed by atoms with Gasteiger partial charge in [0.05, 0.1) is 17.6 Å². The van der Waals surface area contributed by atoms with Crippen LogP contribution in [-0.2, 0) is 6.61 Å². The quantitative estimate of drug-likeness (QED) is 0.612. The van der Waals surface area contributed by atoms with Crippen LogP contribution in [0.2, 0.25) is 0 Å². The zero-order valence-electron chi connectivity index (χ0n) is 6.60. The van der Waals surface area contributed by atoms with E-state index in [-0.39, 0.29) is 12.2 Å². The molecule has 3 nitrogen and oxygen atoms in total. The molecule has 0 saturated carbocycles. The van der Waals surface area contributed by atoms with Crippen LogP contribution in [0.4, 0.5) is 4.39 Å². The van der Waals surface area contributed by atoms with Gasteiger partial charge in [0.2, 0.25) is 0 Å². The van der Waals surface area contributed by atoms with E-state index in [0.717, 1.165) is 0 Å². The molecule has 1 aromatic carbocycles. The molecule has 5 heteroatoms. The zero-order chi connectivity index (χ0) is 9.42. The zero-order valence-corrected chi connectivity index (χ0v) is 7.41. The molecule has 0 unspecified atom stereocenters. The van der Waals surface area contributed by atoms with Gasteiger partial charge in [0.25, 0.3) is 0 Å². The summed E-state index contributed by atoms with van der Waals surface area (Å²) in [6, 6.07) is 2.85. The maximum absolute atomic E-state index is 13.1. The van der Waals surface area contributed by atoms with E-state index in [1.54, 1.807) is 0 Å². The number of rotatable bonds is 1. The largest absolute Gasteiger partial charge is 0.392 e. The van der Waals surface area contributed by atoms with Gasteiger partial charge in [-0.05, 0) is 24.4 Å². The van der Waals surface area contributed by atoms with Gasteiger partial charge < -0.3 is 15.1 Å². The van der Waals surface area contributed by atoms with Crippen LogP contribution in [0, 0.1) is 10.6 Å². The molecule has 68 valence electrons. The predicted octanol–water partition coefficient (Wildman–Crippen LogP) is 1.86. The normalized spacial score (nSPS) is 10.9. The topological polar surface area (TPSA) is 51.8 Å². The summed E-state index contributed by atoms with van der Waals surface area (Å²) in [4.78, 5) is 5.63. The second-order valence-electron chi connectivity index (χ2n) is 2.73. The molecule has 0 radical (unpaired) electrons. The van der Waals surface area contributed by atoms with Crippen LogP contribution >= 0.6 is 12.2 Å². The standard InChI is InChI=1S/C8H7FN2OS/c9-5-2-7-6(1-4(5)3-12)10-8(13)11-7/h1-2,12H,3H2,(H2,10,11,13). The molecule has 1 aromatic heterocycles. The van der Waals surface area contributed by atoms with Crippen LogP contribution in [0.25, 0.3) is 11.0 Å². The number of fused-ring (bicyclic) bond motifs is 1. The summed E-state index contributed by atoms with van der Waals surface area (Å²) in [6.07, 6.45) is 0. The van der Waals surface area contributed by atoms with Crippen LogP contribution < -0.4 is 0 Å². The Balaban J connectivity index is 2.80. The highest BCUT2D eigenvalue weighted by molar-refractivity contribution is 7.71. The number of benzene rings is 1. The van der Waals surface area contributed by atoms with E-state index in [1.807, 2.05) is 0 Å². The van der Waals surface area contributed by atoms with Crippen molar-refractivity contribution < 1.29 is 9.50 Å². The first kappa shape index (κ1) is 8.40. The lowest BCUT2D eigenvalue weighted by atomic mass is 10.2. The highest BCUT2D eigenvalue weighted by atomic mass is 32.1. The van der Waals surface area contributed by atoms with Crippen molar-refractivity contribution in [3.05, 3.63) is 28.3 Å². The number of H-pyrrole nitrogens is 2. The van der Waals surface area contributed by atoms with Crippen molar-refractivity contribution >= 4 is 23.3 Å². The maximum Gasteiger partial charge on any atom is 0.175 e. The van der Waals surface area contributed by atoms with Gasteiger partial charge in [-0.2, -0.15) is 0 Å². The minimum atomic E-state index is -0.430. The third kappa shape index (κ3) is 1.36. The smallest absolute Gasteiger partial charge is 0.175 e.